The van der Waals surface area contributed by atoms with Gasteiger partial charge >= 0.3 is 5.97 Å². The zero-order valence-corrected chi connectivity index (χ0v) is 26.7. The number of aliphatic hydroxyl groups excluding tert-OH is 2. The third-order valence-electron chi connectivity index (χ3n) is 5.40. The lowest BCUT2D eigenvalue weighted by atomic mass is 10.1. The highest BCUT2D eigenvalue weighted by Gasteiger charge is 2.15. The Morgan fingerprint density at radius 1 is 1.14 bits per heavy atom. The summed E-state index contributed by atoms with van der Waals surface area (Å²) in [6.07, 6.45) is 9.37. The van der Waals surface area contributed by atoms with Gasteiger partial charge in [-0.1, -0.05) is 57.7 Å². The second-order valence-electron chi connectivity index (χ2n) is 8.65. The number of hydrogen-bond acceptors (Lipinski definition) is 9. The Labute approximate surface area is 256 Å². The molecule has 0 unspecified atom stereocenters. The van der Waals surface area contributed by atoms with Crippen molar-refractivity contribution in [1.82, 2.24) is 15.2 Å². The van der Waals surface area contributed by atoms with E-state index in [2.05, 4.69) is 42.6 Å². The number of ether oxygens (including phenoxy) is 2. The first-order chi connectivity index (χ1) is 20.2. The van der Waals surface area contributed by atoms with Crippen LogP contribution in [-0.2, 0) is 4.74 Å². The lowest BCUT2D eigenvalue weighted by Crippen LogP contribution is -2.34. The first-order valence-corrected chi connectivity index (χ1v) is 14.6. The summed E-state index contributed by atoms with van der Waals surface area (Å²) in [6, 6.07) is 6.53. The summed E-state index contributed by atoms with van der Waals surface area (Å²) in [5, 5.41) is 18.5. The highest BCUT2D eigenvalue weighted by Crippen LogP contribution is 2.28. The number of aliphatic hydroxyl groups is 2. The Hall–Kier alpha value is -3.18. The number of benzene rings is 1. The van der Waals surface area contributed by atoms with E-state index in [4.69, 9.17) is 37.0 Å². The fourth-order valence-corrected chi connectivity index (χ4v) is 3.30. The molecule has 1 aromatic carbocycles. The number of pyridine rings is 1. The number of nitrogens with zero attached hydrogens (tertiary/aromatic N) is 2. The number of unbranched alkanes of at least 4 members (excludes halogenated alkanes) is 3. The van der Waals surface area contributed by atoms with Crippen LogP contribution in [0.5, 0.6) is 5.75 Å². The average molecular weight is 611 g/mol. The molecule has 0 atom stereocenters. The minimum atomic E-state index is -0.278. The molecule has 0 aliphatic rings. The molecule has 0 fully saturated rings. The number of halogens is 1. The zero-order chi connectivity index (χ0) is 32.2. The fourth-order valence-electron chi connectivity index (χ4n) is 3.14. The molecule has 0 saturated heterocycles. The normalized spacial score (nSPS) is 9.64. The molecule has 238 valence electrons. The number of methoxy groups -OCH3 is 1. The summed E-state index contributed by atoms with van der Waals surface area (Å²) in [5.74, 6) is -0.0669. The smallest absolute Gasteiger partial charge is 0.339 e. The standard InChI is InChI=1S/C14H22ClN3O2.C12H17NO2.C3H6.C2H6O2/c1-4-18(5-2)7-6-17-14(19)10-8-11(15)12(16)9-13(10)20-3;1-2-3-4-5-9-15-12(14)11-7-6-8-13-10-11;1-3-2;3-1-2-4/h8-9H,4-7,16H2,1-3H3,(H,17,19);6-8,10H,2-5,9H2,1H3;3H,1H2,2H3;3-4H,1-2H2. The van der Waals surface area contributed by atoms with Gasteiger partial charge in [-0.3, -0.25) is 9.78 Å². The Bertz CT molecular complexity index is 973. The second-order valence-corrected chi connectivity index (χ2v) is 9.06. The first-order valence-electron chi connectivity index (χ1n) is 14.2. The lowest BCUT2D eigenvalue weighted by molar-refractivity contribution is 0.0497. The van der Waals surface area contributed by atoms with Crippen molar-refractivity contribution in [3.8, 4) is 5.75 Å². The summed E-state index contributed by atoms with van der Waals surface area (Å²) in [5.41, 5.74) is 7.00. The molecule has 0 aliphatic heterocycles. The lowest BCUT2D eigenvalue weighted by Gasteiger charge is -2.18. The molecular formula is C31H51ClN4O6. The number of hydrogen-bond donors (Lipinski definition) is 4. The number of carbonyl (C=O) groups is 2. The number of carbonyl (C=O) groups excluding carboxylic acids is 2. The van der Waals surface area contributed by atoms with Crippen molar-refractivity contribution in [2.75, 3.05) is 58.8 Å². The van der Waals surface area contributed by atoms with Crippen molar-refractivity contribution >= 4 is 29.2 Å². The molecule has 11 heteroatoms. The van der Waals surface area contributed by atoms with Gasteiger partial charge in [0.05, 0.1) is 48.8 Å². The van der Waals surface area contributed by atoms with Crippen molar-refractivity contribution in [3.63, 3.8) is 0 Å². The van der Waals surface area contributed by atoms with E-state index < -0.39 is 0 Å². The number of allylic oxidation sites excluding steroid dienone is 1. The van der Waals surface area contributed by atoms with Crippen LogP contribution < -0.4 is 15.8 Å². The van der Waals surface area contributed by atoms with E-state index in [0.717, 1.165) is 32.5 Å². The molecule has 2 rings (SSSR count). The topological polar surface area (TPSA) is 147 Å². The summed E-state index contributed by atoms with van der Waals surface area (Å²) in [4.78, 5) is 29.6. The van der Waals surface area contributed by atoms with E-state index in [1.165, 1.54) is 32.2 Å². The fraction of sp³-hybridized carbons (Fsp3) is 0.516. The van der Waals surface area contributed by atoms with Gasteiger partial charge in [-0.05, 0) is 44.6 Å². The van der Waals surface area contributed by atoms with Crippen LogP contribution in [0, 0.1) is 0 Å². The summed E-state index contributed by atoms with van der Waals surface area (Å²) < 4.78 is 10.3. The minimum absolute atomic E-state index is 0.125. The summed E-state index contributed by atoms with van der Waals surface area (Å²) >= 11 is 5.95. The molecule has 2 aromatic rings. The van der Waals surface area contributed by atoms with Crippen LogP contribution in [0.2, 0.25) is 5.02 Å². The maximum atomic E-state index is 12.1. The van der Waals surface area contributed by atoms with Gasteiger partial charge in [0.1, 0.15) is 5.75 Å². The molecule has 0 saturated carbocycles. The molecule has 42 heavy (non-hydrogen) atoms. The molecule has 1 aromatic heterocycles. The SMILES string of the molecule is C=CC.CCCCCCOC(=O)c1cccnc1.CCN(CC)CCNC(=O)c1cc(Cl)c(N)cc1OC.OCCO. The Morgan fingerprint density at radius 2 is 1.79 bits per heavy atom. The molecule has 0 radical (unpaired) electrons. The Kier molecular flexibility index (Phi) is 27.3. The van der Waals surface area contributed by atoms with Gasteiger partial charge in [0.25, 0.3) is 5.91 Å². The molecule has 1 amide bonds. The first kappa shape index (κ1) is 41.0. The third kappa shape index (κ3) is 19.8. The van der Waals surface area contributed by atoms with Gasteiger partial charge in [-0.25, -0.2) is 4.79 Å². The highest BCUT2D eigenvalue weighted by atomic mass is 35.5. The van der Waals surface area contributed by atoms with E-state index in [1.54, 1.807) is 30.5 Å². The minimum Gasteiger partial charge on any atom is -0.496 e. The number of nitrogen functional groups attached to an aromatic ring is 1. The van der Waals surface area contributed by atoms with E-state index in [-0.39, 0.29) is 25.1 Å². The molecule has 0 spiro atoms. The average Bonchev–Trinajstić information content (AvgIpc) is 3.01. The van der Waals surface area contributed by atoms with E-state index in [9.17, 15) is 9.59 Å². The number of nitrogens with one attached hydrogen (secondary N) is 1. The van der Waals surface area contributed by atoms with Gasteiger partial charge in [0.15, 0.2) is 0 Å². The van der Waals surface area contributed by atoms with Crippen molar-refractivity contribution in [3.05, 3.63) is 65.5 Å². The van der Waals surface area contributed by atoms with Crippen molar-refractivity contribution < 1.29 is 29.3 Å². The van der Waals surface area contributed by atoms with Gasteiger partial charge in [0.2, 0.25) is 0 Å². The number of anilines is 1. The van der Waals surface area contributed by atoms with Crippen LogP contribution in [0.1, 0.15) is 74.1 Å². The van der Waals surface area contributed by atoms with Crippen molar-refractivity contribution in [1.29, 1.82) is 0 Å². The monoisotopic (exact) mass is 610 g/mol. The summed E-state index contributed by atoms with van der Waals surface area (Å²) in [6.45, 7) is 15.2. The van der Waals surface area contributed by atoms with Gasteiger partial charge in [-0.2, -0.15) is 0 Å². The van der Waals surface area contributed by atoms with Crippen LogP contribution in [0.15, 0.2) is 49.3 Å². The highest BCUT2D eigenvalue weighted by molar-refractivity contribution is 6.33. The molecule has 10 nitrogen and oxygen atoms in total. The van der Waals surface area contributed by atoms with Crippen LogP contribution >= 0.6 is 11.6 Å². The van der Waals surface area contributed by atoms with E-state index >= 15 is 0 Å². The third-order valence-corrected chi connectivity index (χ3v) is 5.73. The number of amides is 1. The zero-order valence-electron chi connectivity index (χ0n) is 25.9. The molecular weight excluding hydrogens is 560 g/mol. The van der Waals surface area contributed by atoms with Crippen LogP contribution in [-0.4, -0.2) is 85.1 Å². The number of rotatable bonds is 14. The van der Waals surface area contributed by atoms with Crippen molar-refractivity contribution in [2.24, 2.45) is 0 Å². The summed E-state index contributed by atoms with van der Waals surface area (Å²) in [7, 11) is 1.50. The van der Waals surface area contributed by atoms with Gasteiger partial charge in [0, 0.05) is 31.5 Å². The maximum Gasteiger partial charge on any atom is 0.339 e. The number of aromatic nitrogens is 1. The van der Waals surface area contributed by atoms with E-state index in [1.807, 2.05) is 6.92 Å². The predicted octanol–water partition coefficient (Wildman–Crippen LogP) is 4.98. The van der Waals surface area contributed by atoms with E-state index in [0.29, 0.717) is 40.7 Å². The van der Waals surface area contributed by atoms with Gasteiger partial charge < -0.3 is 35.6 Å². The van der Waals surface area contributed by atoms with Crippen LogP contribution in [0.3, 0.4) is 0 Å². The van der Waals surface area contributed by atoms with Crippen molar-refractivity contribution in [2.45, 2.75) is 53.4 Å². The number of likely N-dealkylation sites (N-methyl/N-ethyl adjacent to an activating group) is 1. The molecule has 0 aliphatic carbocycles. The Morgan fingerprint density at radius 3 is 2.29 bits per heavy atom. The van der Waals surface area contributed by atoms with Gasteiger partial charge in [-0.15, -0.1) is 6.58 Å². The Balaban J connectivity index is 0. The quantitative estimate of drug-likeness (QED) is 0.101. The molecule has 1 heterocycles. The van der Waals surface area contributed by atoms with Crippen LogP contribution in [0.4, 0.5) is 5.69 Å². The van der Waals surface area contributed by atoms with Crippen LogP contribution in [0.25, 0.3) is 0 Å². The maximum absolute atomic E-state index is 12.1. The number of nitrogens with two attached hydrogens (primary N) is 1. The molecule has 5 N–H and O–H groups in total. The molecule has 0 bridgehead atoms. The number of esters is 1. The largest absolute Gasteiger partial charge is 0.496 e. The predicted molar refractivity (Wildman–Crippen MR) is 171 cm³/mol. The second kappa shape index (κ2) is 28.0.